The lowest BCUT2D eigenvalue weighted by Crippen LogP contribution is -2.08. The number of carbonyl (C=O) groups excluding carboxylic acids is 1. The summed E-state index contributed by atoms with van der Waals surface area (Å²) in [6.45, 7) is 5.56. The first kappa shape index (κ1) is 9.78. The molecule has 0 heterocycles. The van der Waals surface area contributed by atoms with Crippen molar-refractivity contribution in [1.82, 2.24) is 0 Å². The molecule has 0 N–H and O–H groups in total. The van der Waals surface area contributed by atoms with E-state index < -0.39 is 0 Å². The number of esters is 1. The molecule has 0 saturated heterocycles. The Morgan fingerprint density at radius 3 is 3.00 bits per heavy atom. The summed E-state index contributed by atoms with van der Waals surface area (Å²) < 4.78 is 5.00. The number of carbonyl (C=O) groups is 1. The van der Waals surface area contributed by atoms with E-state index in [1.807, 2.05) is 12.2 Å². The highest BCUT2D eigenvalue weighted by Gasteiger charge is 2.05. The van der Waals surface area contributed by atoms with Crippen molar-refractivity contribution in [2.24, 2.45) is 0 Å². The molecule has 1 aliphatic carbocycles. The number of ether oxygens (including phenoxy) is 1. The third kappa shape index (κ3) is 3.28. The lowest BCUT2D eigenvalue weighted by Gasteiger charge is -2.09. The van der Waals surface area contributed by atoms with Crippen LogP contribution in [0, 0.1) is 0 Å². The van der Waals surface area contributed by atoms with Gasteiger partial charge in [0.2, 0.25) is 0 Å². The Hall–Kier alpha value is -1.31. The molecule has 0 aliphatic heterocycles. The second kappa shape index (κ2) is 4.65. The molecule has 2 nitrogen and oxygen atoms in total. The summed E-state index contributed by atoms with van der Waals surface area (Å²) in [5.41, 5.74) is 1.61. The van der Waals surface area contributed by atoms with Crippen molar-refractivity contribution in [3.63, 3.8) is 0 Å². The molecular formula is C11H14O2. The molecule has 13 heavy (non-hydrogen) atoms. The van der Waals surface area contributed by atoms with Crippen LogP contribution < -0.4 is 0 Å². The van der Waals surface area contributed by atoms with Gasteiger partial charge in [0.15, 0.2) is 0 Å². The summed E-state index contributed by atoms with van der Waals surface area (Å²) in [5.74, 6) is -0.310. The average molecular weight is 178 g/mol. The number of hydrogen-bond donors (Lipinski definition) is 0. The van der Waals surface area contributed by atoms with Crippen LogP contribution in [0.25, 0.3) is 0 Å². The molecule has 0 spiro atoms. The molecule has 0 radical (unpaired) electrons. The van der Waals surface area contributed by atoms with E-state index in [9.17, 15) is 4.79 Å². The molecule has 1 aliphatic rings. The average Bonchev–Trinajstić information content (AvgIpc) is 2.15. The van der Waals surface area contributed by atoms with Crippen molar-refractivity contribution in [2.75, 3.05) is 6.61 Å². The van der Waals surface area contributed by atoms with Crippen LogP contribution in [0.5, 0.6) is 0 Å². The van der Waals surface area contributed by atoms with Gasteiger partial charge in [0.1, 0.15) is 6.61 Å². The highest BCUT2D eigenvalue weighted by atomic mass is 16.5. The van der Waals surface area contributed by atoms with E-state index in [-0.39, 0.29) is 5.97 Å². The van der Waals surface area contributed by atoms with Gasteiger partial charge in [0.05, 0.1) is 0 Å². The highest BCUT2D eigenvalue weighted by molar-refractivity contribution is 5.87. The van der Waals surface area contributed by atoms with Crippen LogP contribution in [0.3, 0.4) is 0 Å². The molecule has 1 rings (SSSR count). The van der Waals surface area contributed by atoms with Crippen molar-refractivity contribution in [3.8, 4) is 0 Å². The van der Waals surface area contributed by atoms with E-state index in [1.54, 1.807) is 6.92 Å². The summed E-state index contributed by atoms with van der Waals surface area (Å²) in [4.78, 5) is 11.0. The molecule has 0 aromatic carbocycles. The zero-order chi connectivity index (χ0) is 9.68. The van der Waals surface area contributed by atoms with Gasteiger partial charge in [0, 0.05) is 5.57 Å². The molecule has 2 heteroatoms. The van der Waals surface area contributed by atoms with E-state index in [4.69, 9.17) is 4.74 Å². The predicted molar refractivity (Wildman–Crippen MR) is 52.2 cm³/mol. The molecule has 70 valence electrons. The summed E-state index contributed by atoms with van der Waals surface area (Å²) in [5, 5.41) is 0. The van der Waals surface area contributed by atoms with Gasteiger partial charge < -0.3 is 4.74 Å². The van der Waals surface area contributed by atoms with Crippen molar-refractivity contribution < 1.29 is 9.53 Å². The molecule has 0 fully saturated rings. The maximum atomic E-state index is 11.0. The normalized spacial score (nSPS) is 15.0. The Labute approximate surface area is 78.6 Å². The maximum absolute atomic E-state index is 11.0. The second-order valence-electron chi connectivity index (χ2n) is 3.15. The zero-order valence-corrected chi connectivity index (χ0v) is 7.88. The molecular weight excluding hydrogens is 164 g/mol. The summed E-state index contributed by atoms with van der Waals surface area (Å²) in [7, 11) is 0. The van der Waals surface area contributed by atoms with Crippen LogP contribution in [0.4, 0.5) is 0 Å². The largest absolute Gasteiger partial charge is 0.458 e. The van der Waals surface area contributed by atoms with E-state index in [1.165, 1.54) is 0 Å². The number of hydrogen-bond acceptors (Lipinski definition) is 2. The van der Waals surface area contributed by atoms with Gasteiger partial charge in [0.25, 0.3) is 0 Å². The second-order valence-corrected chi connectivity index (χ2v) is 3.15. The number of allylic oxidation sites excluding steroid dienone is 3. The summed E-state index contributed by atoms with van der Waals surface area (Å²) in [6.07, 6.45) is 8.11. The minimum absolute atomic E-state index is 0.310. The van der Waals surface area contributed by atoms with Crippen molar-refractivity contribution in [1.29, 1.82) is 0 Å². The molecule has 0 amide bonds. The van der Waals surface area contributed by atoms with Gasteiger partial charge in [-0.1, -0.05) is 24.8 Å². The van der Waals surface area contributed by atoms with Crippen LogP contribution in [0.2, 0.25) is 0 Å². The minimum Gasteiger partial charge on any atom is -0.458 e. The molecule has 0 atom stereocenters. The predicted octanol–water partition coefficient (Wildman–Crippen LogP) is 2.38. The van der Waals surface area contributed by atoms with Gasteiger partial charge in [-0.25, -0.2) is 4.79 Å². The van der Waals surface area contributed by atoms with Crippen molar-refractivity contribution in [2.45, 2.75) is 19.8 Å². The van der Waals surface area contributed by atoms with Crippen molar-refractivity contribution >= 4 is 5.97 Å². The van der Waals surface area contributed by atoms with Gasteiger partial charge in [-0.2, -0.15) is 0 Å². The fourth-order valence-electron chi connectivity index (χ4n) is 1.05. The van der Waals surface area contributed by atoms with Crippen LogP contribution in [0.15, 0.2) is 36.0 Å². The molecule has 0 saturated carbocycles. The van der Waals surface area contributed by atoms with Crippen LogP contribution in [-0.4, -0.2) is 12.6 Å². The Morgan fingerprint density at radius 2 is 2.46 bits per heavy atom. The third-order valence-corrected chi connectivity index (χ3v) is 1.84. The lowest BCUT2D eigenvalue weighted by molar-refractivity contribution is -0.138. The lowest BCUT2D eigenvalue weighted by atomic mass is 10.1. The molecule has 0 unspecified atom stereocenters. The summed E-state index contributed by atoms with van der Waals surface area (Å²) in [6, 6.07) is 0. The Bertz CT molecular complexity index is 272. The first-order valence-electron chi connectivity index (χ1n) is 4.37. The molecule has 0 aromatic heterocycles. The Kier molecular flexibility index (Phi) is 3.50. The van der Waals surface area contributed by atoms with E-state index in [2.05, 4.69) is 12.7 Å². The fraction of sp³-hybridized carbons (Fsp3) is 0.364. The Morgan fingerprint density at radius 1 is 1.69 bits per heavy atom. The first-order valence-corrected chi connectivity index (χ1v) is 4.37. The van der Waals surface area contributed by atoms with E-state index >= 15 is 0 Å². The molecule has 0 aromatic rings. The van der Waals surface area contributed by atoms with Crippen LogP contribution >= 0.6 is 0 Å². The van der Waals surface area contributed by atoms with Crippen LogP contribution in [0.1, 0.15) is 19.8 Å². The zero-order valence-electron chi connectivity index (χ0n) is 7.88. The van der Waals surface area contributed by atoms with Gasteiger partial charge in [-0.3, -0.25) is 0 Å². The van der Waals surface area contributed by atoms with Gasteiger partial charge in [-0.15, -0.1) is 0 Å². The maximum Gasteiger partial charge on any atom is 0.333 e. The SMILES string of the molecule is C=C(C)C(=O)OCC1=CC=CCC1. The molecule has 0 bridgehead atoms. The van der Waals surface area contributed by atoms with Crippen molar-refractivity contribution in [3.05, 3.63) is 36.0 Å². The monoisotopic (exact) mass is 178 g/mol. The van der Waals surface area contributed by atoms with Crippen LogP contribution in [-0.2, 0) is 9.53 Å². The fourth-order valence-corrected chi connectivity index (χ4v) is 1.05. The van der Waals surface area contributed by atoms with Gasteiger partial charge >= 0.3 is 5.97 Å². The van der Waals surface area contributed by atoms with Gasteiger partial charge in [-0.05, 0) is 25.3 Å². The third-order valence-electron chi connectivity index (χ3n) is 1.84. The topological polar surface area (TPSA) is 26.3 Å². The smallest absolute Gasteiger partial charge is 0.333 e. The Balaban J connectivity index is 2.34. The summed E-state index contributed by atoms with van der Waals surface area (Å²) >= 11 is 0. The first-order chi connectivity index (χ1) is 6.20. The quantitative estimate of drug-likeness (QED) is 0.490. The van der Waals surface area contributed by atoms with E-state index in [0.717, 1.165) is 18.4 Å². The minimum atomic E-state index is -0.310. The number of rotatable bonds is 3. The standard InChI is InChI=1S/C11H14O2/c1-9(2)11(12)13-8-10-6-4-3-5-7-10/h3-4,6H,1,5,7-8H2,2H3. The highest BCUT2D eigenvalue weighted by Crippen LogP contribution is 2.12. The van der Waals surface area contributed by atoms with E-state index in [0.29, 0.717) is 12.2 Å².